The van der Waals surface area contributed by atoms with Gasteiger partial charge in [0.05, 0.1) is 11.1 Å². The first-order chi connectivity index (χ1) is 7.08. The minimum absolute atomic E-state index is 0.0584. The topological polar surface area (TPSA) is 33.2 Å². The zero-order valence-corrected chi connectivity index (χ0v) is 10.5. The first-order valence-electron chi connectivity index (χ1n) is 4.64. The van der Waals surface area contributed by atoms with Gasteiger partial charge in [0.1, 0.15) is 4.60 Å². The van der Waals surface area contributed by atoms with E-state index in [4.69, 9.17) is 11.6 Å². The lowest BCUT2D eigenvalue weighted by Gasteiger charge is -2.17. The van der Waals surface area contributed by atoms with Gasteiger partial charge in [0.25, 0.3) is 0 Å². The largest absolute Gasteiger partial charge is 0.308 e. The molecule has 2 heterocycles. The summed E-state index contributed by atoms with van der Waals surface area (Å²) in [5, 5.41) is -0.0927. The van der Waals surface area contributed by atoms with Gasteiger partial charge in [-0.1, -0.05) is 0 Å². The van der Waals surface area contributed by atoms with E-state index in [-0.39, 0.29) is 11.3 Å². The second kappa shape index (κ2) is 4.10. The van der Waals surface area contributed by atoms with Gasteiger partial charge in [-0.15, -0.1) is 11.6 Å². The summed E-state index contributed by atoms with van der Waals surface area (Å²) in [5.74, 6) is 0.0584. The first kappa shape index (κ1) is 10.9. The van der Waals surface area contributed by atoms with Gasteiger partial charge in [0.2, 0.25) is 5.91 Å². The van der Waals surface area contributed by atoms with Crippen LogP contribution in [0.3, 0.4) is 0 Å². The predicted octanol–water partition coefficient (Wildman–Crippen LogP) is 2.50. The van der Waals surface area contributed by atoms with Gasteiger partial charge < -0.3 is 4.90 Å². The highest BCUT2D eigenvalue weighted by molar-refractivity contribution is 9.10. The normalized spacial score (nSPS) is 21.1. The Morgan fingerprint density at radius 3 is 3.00 bits per heavy atom. The molecular formula is C10H10BrClN2O. The van der Waals surface area contributed by atoms with Gasteiger partial charge in [-0.3, -0.25) is 4.79 Å². The van der Waals surface area contributed by atoms with E-state index in [1.165, 1.54) is 0 Å². The number of aryl methyl sites for hydroxylation is 1. The lowest BCUT2D eigenvalue weighted by Crippen LogP contribution is -2.25. The highest BCUT2D eigenvalue weighted by Crippen LogP contribution is 2.30. The molecule has 1 saturated heterocycles. The average Bonchev–Trinajstić information content (AvgIpc) is 2.50. The van der Waals surface area contributed by atoms with Gasteiger partial charge >= 0.3 is 0 Å². The molecule has 3 nitrogen and oxygen atoms in total. The SMILES string of the molecule is Cc1cnc(Br)c(N2CC(Cl)CC2=O)c1. The Balaban J connectivity index is 2.37. The number of carbonyl (C=O) groups is 1. The molecule has 80 valence electrons. The third kappa shape index (κ3) is 2.16. The number of hydrogen-bond donors (Lipinski definition) is 0. The van der Waals surface area contributed by atoms with Gasteiger partial charge in [0.15, 0.2) is 0 Å². The molecule has 2 rings (SSSR count). The maximum atomic E-state index is 11.6. The number of aromatic nitrogens is 1. The number of halogens is 2. The first-order valence-corrected chi connectivity index (χ1v) is 5.87. The van der Waals surface area contributed by atoms with Crippen molar-refractivity contribution in [2.75, 3.05) is 11.4 Å². The number of hydrogen-bond acceptors (Lipinski definition) is 2. The van der Waals surface area contributed by atoms with Crippen molar-refractivity contribution in [1.82, 2.24) is 4.98 Å². The average molecular weight is 290 g/mol. The smallest absolute Gasteiger partial charge is 0.228 e. The van der Waals surface area contributed by atoms with Gasteiger partial charge in [-0.2, -0.15) is 0 Å². The maximum absolute atomic E-state index is 11.6. The summed E-state index contributed by atoms with van der Waals surface area (Å²) in [6, 6.07) is 1.93. The lowest BCUT2D eigenvalue weighted by atomic mass is 10.3. The molecular weight excluding hydrogens is 279 g/mol. The molecule has 1 unspecified atom stereocenters. The Labute approximate surface area is 102 Å². The van der Waals surface area contributed by atoms with E-state index in [1.54, 1.807) is 11.1 Å². The van der Waals surface area contributed by atoms with Gasteiger partial charge in [-0.05, 0) is 34.5 Å². The minimum Gasteiger partial charge on any atom is -0.308 e. The number of anilines is 1. The molecule has 1 amide bonds. The fraction of sp³-hybridized carbons (Fsp3) is 0.400. The zero-order chi connectivity index (χ0) is 11.0. The molecule has 5 heteroatoms. The number of carbonyl (C=O) groups excluding carboxylic acids is 1. The van der Waals surface area contributed by atoms with Gasteiger partial charge in [-0.25, -0.2) is 4.98 Å². The molecule has 1 aromatic rings. The van der Waals surface area contributed by atoms with Crippen LogP contribution < -0.4 is 4.90 Å². The molecule has 1 atom stereocenters. The third-order valence-corrected chi connectivity index (χ3v) is 3.23. The Morgan fingerprint density at radius 1 is 1.67 bits per heavy atom. The van der Waals surface area contributed by atoms with Crippen LogP contribution in [0.5, 0.6) is 0 Å². The molecule has 1 aliphatic rings. The molecule has 0 aliphatic carbocycles. The molecule has 0 radical (unpaired) electrons. The molecule has 0 N–H and O–H groups in total. The standard InChI is InChI=1S/C10H10BrClN2O/c1-6-2-8(10(11)13-4-6)14-5-7(12)3-9(14)15/h2,4,7H,3,5H2,1H3. The van der Waals surface area contributed by atoms with E-state index < -0.39 is 0 Å². The van der Waals surface area contributed by atoms with Crippen LogP contribution in [0.2, 0.25) is 0 Å². The highest BCUT2D eigenvalue weighted by atomic mass is 79.9. The molecule has 1 aliphatic heterocycles. The van der Waals surface area contributed by atoms with Gasteiger partial charge in [0, 0.05) is 19.2 Å². The number of pyridine rings is 1. The number of amides is 1. The molecule has 0 aromatic carbocycles. The lowest BCUT2D eigenvalue weighted by molar-refractivity contribution is -0.117. The van der Waals surface area contributed by atoms with Crippen molar-refractivity contribution in [2.45, 2.75) is 18.7 Å². The summed E-state index contributed by atoms with van der Waals surface area (Å²) in [7, 11) is 0. The highest BCUT2D eigenvalue weighted by Gasteiger charge is 2.30. The summed E-state index contributed by atoms with van der Waals surface area (Å²) < 4.78 is 0.687. The van der Waals surface area contributed by atoms with Crippen LogP contribution in [0, 0.1) is 6.92 Å². The fourth-order valence-electron chi connectivity index (χ4n) is 1.62. The Kier molecular flexibility index (Phi) is 2.98. The van der Waals surface area contributed by atoms with Crippen LogP contribution in [0.15, 0.2) is 16.9 Å². The molecule has 1 aromatic heterocycles. The van der Waals surface area contributed by atoms with Crippen molar-refractivity contribution >= 4 is 39.1 Å². The third-order valence-electron chi connectivity index (χ3n) is 2.33. The predicted molar refractivity (Wildman–Crippen MR) is 63.3 cm³/mol. The number of nitrogens with zero attached hydrogens (tertiary/aromatic N) is 2. The van der Waals surface area contributed by atoms with E-state index in [9.17, 15) is 4.79 Å². The zero-order valence-electron chi connectivity index (χ0n) is 8.20. The summed E-state index contributed by atoms with van der Waals surface area (Å²) >= 11 is 9.29. The summed E-state index contributed by atoms with van der Waals surface area (Å²) in [4.78, 5) is 17.5. The van der Waals surface area contributed by atoms with Crippen molar-refractivity contribution in [3.05, 3.63) is 22.4 Å². The van der Waals surface area contributed by atoms with E-state index in [1.807, 2.05) is 13.0 Å². The molecule has 0 saturated carbocycles. The van der Waals surface area contributed by atoms with E-state index in [0.717, 1.165) is 11.3 Å². The summed E-state index contributed by atoms with van der Waals surface area (Å²) in [5.41, 5.74) is 1.84. The molecule has 1 fully saturated rings. The second-order valence-electron chi connectivity index (χ2n) is 3.63. The van der Waals surface area contributed by atoms with Crippen LogP contribution in [0.1, 0.15) is 12.0 Å². The molecule has 0 bridgehead atoms. The Morgan fingerprint density at radius 2 is 2.40 bits per heavy atom. The van der Waals surface area contributed by atoms with Crippen molar-refractivity contribution in [1.29, 1.82) is 0 Å². The Hall–Kier alpha value is -0.610. The summed E-state index contributed by atoms with van der Waals surface area (Å²) in [6.07, 6.45) is 2.16. The minimum atomic E-state index is -0.0927. The quantitative estimate of drug-likeness (QED) is 0.588. The van der Waals surface area contributed by atoms with E-state index in [0.29, 0.717) is 17.6 Å². The van der Waals surface area contributed by atoms with Crippen LogP contribution >= 0.6 is 27.5 Å². The van der Waals surface area contributed by atoms with E-state index >= 15 is 0 Å². The van der Waals surface area contributed by atoms with Crippen LogP contribution in [0.4, 0.5) is 5.69 Å². The second-order valence-corrected chi connectivity index (χ2v) is 5.00. The van der Waals surface area contributed by atoms with Crippen LogP contribution in [-0.4, -0.2) is 22.8 Å². The van der Waals surface area contributed by atoms with Crippen molar-refractivity contribution < 1.29 is 4.79 Å². The van der Waals surface area contributed by atoms with Crippen molar-refractivity contribution in [3.8, 4) is 0 Å². The van der Waals surface area contributed by atoms with Crippen molar-refractivity contribution in [2.24, 2.45) is 0 Å². The molecule has 0 spiro atoms. The van der Waals surface area contributed by atoms with Crippen LogP contribution in [-0.2, 0) is 4.79 Å². The van der Waals surface area contributed by atoms with E-state index in [2.05, 4.69) is 20.9 Å². The van der Waals surface area contributed by atoms with Crippen molar-refractivity contribution in [3.63, 3.8) is 0 Å². The molecule has 15 heavy (non-hydrogen) atoms. The number of rotatable bonds is 1. The summed E-state index contributed by atoms with van der Waals surface area (Å²) in [6.45, 7) is 2.51. The fourth-order valence-corrected chi connectivity index (χ4v) is 2.32. The van der Waals surface area contributed by atoms with Crippen LogP contribution in [0.25, 0.3) is 0 Å². The Bertz CT molecular complexity index is 410. The number of alkyl halides is 1. The maximum Gasteiger partial charge on any atom is 0.228 e. The monoisotopic (exact) mass is 288 g/mol.